The number of allylic oxidation sites excluding steroid dienone is 1. The first kappa shape index (κ1) is 23.2. The van der Waals surface area contributed by atoms with Crippen molar-refractivity contribution in [3.05, 3.63) is 113 Å². The first-order chi connectivity index (χ1) is 16.4. The molecule has 1 aliphatic heterocycles. The molecule has 7 nitrogen and oxygen atoms in total. The number of ketones is 1. The van der Waals surface area contributed by atoms with Crippen LogP contribution >= 0.6 is 12.2 Å². The molecule has 1 saturated heterocycles. The molecule has 0 aliphatic carbocycles. The lowest BCUT2D eigenvalue weighted by molar-refractivity contribution is -0.111. The molecule has 0 amide bonds. The van der Waals surface area contributed by atoms with Crippen molar-refractivity contribution >= 4 is 35.4 Å². The van der Waals surface area contributed by atoms with Crippen LogP contribution in [0.3, 0.4) is 0 Å². The molecule has 1 heterocycles. The minimum absolute atomic E-state index is 0.106. The van der Waals surface area contributed by atoms with Crippen molar-refractivity contribution in [1.82, 2.24) is 4.72 Å². The predicted molar refractivity (Wildman–Crippen MR) is 132 cm³/mol. The number of hydrogen-bond donors (Lipinski definition) is 3. The Hall–Kier alpha value is -4.01. The summed E-state index contributed by atoms with van der Waals surface area (Å²) < 4.78 is 8.27. The molecule has 3 aromatic carbocycles. The Kier molecular flexibility index (Phi) is 6.72. The van der Waals surface area contributed by atoms with E-state index in [-0.39, 0.29) is 22.8 Å². The molecular weight excluding hydrogens is 452 g/mol. The number of Topliss-reactive ketones (excluding diaryl/α,β-unsaturated/α-hetero) is 1. The lowest BCUT2D eigenvalue weighted by Gasteiger charge is -2.28. The highest BCUT2D eigenvalue weighted by atomic mass is 32.2. The molecule has 0 radical (unpaired) electrons. The molecule has 172 valence electrons. The van der Waals surface area contributed by atoms with Gasteiger partial charge in [0.15, 0.2) is 0 Å². The largest absolute Gasteiger partial charge is 0.508 e. The summed E-state index contributed by atoms with van der Waals surface area (Å²) in [6, 6.07) is 21.8. The molecule has 1 unspecified atom stereocenters. The van der Waals surface area contributed by atoms with Crippen LogP contribution in [0.4, 0.5) is 5.69 Å². The summed E-state index contributed by atoms with van der Waals surface area (Å²) >= 11 is 0.969. The van der Waals surface area contributed by atoms with Crippen molar-refractivity contribution in [3.8, 4) is 5.75 Å². The molecule has 0 spiro atoms. The van der Waals surface area contributed by atoms with Gasteiger partial charge in [-0.2, -0.15) is 0 Å². The van der Waals surface area contributed by atoms with Crippen LogP contribution in [0, 0.1) is 0 Å². The van der Waals surface area contributed by atoms with Gasteiger partial charge in [0.05, 0.1) is 35.7 Å². The molecule has 0 aromatic heterocycles. The lowest BCUT2D eigenvalue weighted by Crippen LogP contribution is -2.22. The van der Waals surface area contributed by atoms with Gasteiger partial charge in [0.2, 0.25) is 5.78 Å². The SMILES string of the molecule is C=C1C(=O)/C(=C(\NSOC)c2ccc(O)cc2)C(c2ccccc2)N1c1ccc(C(=O)O)cc1. The van der Waals surface area contributed by atoms with Gasteiger partial charge < -0.3 is 24.0 Å². The number of aromatic carboxylic acids is 1. The lowest BCUT2D eigenvalue weighted by atomic mass is 9.94. The number of carbonyl (C=O) groups is 2. The van der Waals surface area contributed by atoms with E-state index in [1.807, 2.05) is 30.3 Å². The van der Waals surface area contributed by atoms with Crippen LogP contribution in [0.15, 0.2) is 96.7 Å². The average molecular weight is 475 g/mol. The quantitative estimate of drug-likeness (QED) is 0.251. The van der Waals surface area contributed by atoms with Crippen LogP contribution < -0.4 is 9.62 Å². The number of phenols is 1. The molecule has 3 aromatic rings. The van der Waals surface area contributed by atoms with Crippen LogP contribution in [-0.2, 0) is 8.98 Å². The number of anilines is 1. The molecule has 8 heteroatoms. The monoisotopic (exact) mass is 474 g/mol. The Morgan fingerprint density at radius 3 is 2.21 bits per heavy atom. The Balaban J connectivity index is 1.94. The van der Waals surface area contributed by atoms with Crippen molar-refractivity contribution in [2.75, 3.05) is 12.0 Å². The molecule has 1 fully saturated rings. The first-order valence-electron chi connectivity index (χ1n) is 10.3. The van der Waals surface area contributed by atoms with E-state index in [0.717, 1.165) is 17.8 Å². The molecule has 1 atom stereocenters. The molecule has 1 aliphatic rings. The number of nitrogens with zero attached hydrogens (tertiary/aromatic N) is 1. The number of phenolic OH excluding ortho intramolecular Hbond substituents is 1. The first-order valence-corrected chi connectivity index (χ1v) is 11.1. The Morgan fingerprint density at radius 1 is 1.00 bits per heavy atom. The van der Waals surface area contributed by atoms with Gasteiger partial charge in [0, 0.05) is 5.69 Å². The van der Waals surface area contributed by atoms with Gasteiger partial charge >= 0.3 is 5.97 Å². The number of nitrogens with one attached hydrogen (secondary N) is 1. The third kappa shape index (κ3) is 4.41. The maximum atomic E-state index is 13.7. The number of carboxylic acids is 1. The zero-order valence-electron chi connectivity index (χ0n) is 18.3. The van der Waals surface area contributed by atoms with Crippen molar-refractivity contribution in [1.29, 1.82) is 0 Å². The van der Waals surface area contributed by atoms with Crippen LogP contribution in [-0.4, -0.2) is 29.1 Å². The van der Waals surface area contributed by atoms with Gasteiger partial charge in [-0.25, -0.2) is 4.79 Å². The van der Waals surface area contributed by atoms with Crippen LogP contribution in [0.5, 0.6) is 5.75 Å². The summed E-state index contributed by atoms with van der Waals surface area (Å²) in [5, 5.41) is 19.0. The molecule has 4 rings (SSSR count). The van der Waals surface area contributed by atoms with Crippen LogP contribution in [0.25, 0.3) is 5.70 Å². The minimum Gasteiger partial charge on any atom is -0.508 e. The number of carbonyl (C=O) groups excluding carboxylic acids is 1. The normalized spacial score (nSPS) is 17.1. The highest BCUT2D eigenvalue weighted by molar-refractivity contribution is 7.93. The maximum Gasteiger partial charge on any atom is 0.335 e. The third-order valence-corrected chi connectivity index (χ3v) is 5.94. The second kappa shape index (κ2) is 9.86. The van der Waals surface area contributed by atoms with E-state index in [4.69, 9.17) is 4.18 Å². The number of carboxylic acid groups (broad SMARTS) is 1. The Bertz CT molecular complexity index is 1250. The predicted octanol–water partition coefficient (Wildman–Crippen LogP) is 4.95. The summed E-state index contributed by atoms with van der Waals surface area (Å²) in [5.74, 6) is -1.18. The molecule has 0 saturated carbocycles. The van der Waals surface area contributed by atoms with E-state index in [2.05, 4.69) is 11.3 Å². The average Bonchev–Trinajstić information content (AvgIpc) is 3.11. The fourth-order valence-electron chi connectivity index (χ4n) is 3.93. The topological polar surface area (TPSA) is 99.1 Å². The number of benzene rings is 3. The van der Waals surface area contributed by atoms with E-state index in [0.29, 0.717) is 22.5 Å². The van der Waals surface area contributed by atoms with Crippen molar-refractivity contribution in [2.24, 2.45) is 0 Å². The number of rotatable bonds is 7. The summed E-state index contributed by atoms with van der Waals surface area (Å²) in [6.45, 7) is 4.07. The third-order valence-electron chi connectivity index (χ3n) is 5.49. The summed E-state index contributed by atoms with van der Waals surface area (Å²) in [7, 11) is 1.51. The smallest absolute Gasteiger partial charge is 0.335 e. The highest BCUT2D eigenvalue weighted by Gasteiger charge is 2.42. The fourth-order valence-corrected chi connectivity index (χ4v) is 4.32. The fraction of sp³-hybridized carbons (Fsp3) is 0.0769. The van der Waals surface area contributed by atoms with Gasteiger partial charge in [-0.1, -0.05) is 36.9 Å². The second-order valence-electron chi connectivity index (χ2n) is 7.50. The van der Waals surface area contributed by atoms with E-state index in [9.17, 15) is 19.8 Å². The van der Waals surface area contributed by atoms with Crippen molar-refractivity contribution in [3.63, 3.8) is 0 Å². The Labute approximate surface area is 201 Å². The molecule has 3 N–H and O–H groups in total. The minimum atomic E-state index is -1.03. The summed E-state index contributed by atoms with van der Waals surface area (Å²) in [4.78, 5) is 26.8. The molecule has 0 bridgehead atoms. The van der Waals surface area contributed by atoms with Gasteiger partial charge in [0.1, 0.15) is 18.0 Å². The zero-order chi connectivity index (χ0) is 24.2. The maximum absolute atomic E-state index is 13.7. The van der Waals surface area contributed by atoms with Gasteiger partial charge in [-0.05, 0) is 59.7 Å². The summed E-state index contributed by atoms with van der Waals surface area (Å²) in [5.41, 5.74) is 3.55. The van der Waals surface area contributed by atoms with E-state index in [1.54, 1.807) is 41.3 Å². The standard InChI is InChI=1S/C26H22N2O5S/c1-16-25(30)22(23(27-34-33-2)17-10-14-21(29)15-11-17)24(18-6-4-3-5-7-18)28(16)20-12-8-19(9-13-20)26(31)32/h3-15,24,27,29H,1H2,2H3,(H,31,32)/b23-22-. The summed E-state index contributed by atoms with van der Waals surface area (Å²) in [6.07, 6.45) is 0. The van der Waals surface area contributed by atoms with Crippen molar-refractivity contribution < 1.29 is 24.0 Å². The number of aromatic hydroxyl groups is 1. The molecule has 34 heavy (non-hydrogen) atoms. The molecular formula is C26H22N2O5S. The van der Waals surface area contributed by atoms with Gasteiger partial charge in [-0.15, -0.1) is 0 Å². The highest BCUT2D eigenvalue weighted by Crippen LogP contribution is 2.45. The Morgan fingerprint density at radius 2 is 1.62 bits per heavy atom. The van der Waals surface area contributed by atoms with Gasteiger partial charge in [0.25, 0.3) is 0 Å². The van der Waals surface area contributed by atoms with E-state index >= 15 is 0 Å². The number of hydrogen-bond acceptors (Lipinski definition) is 7. The van der Waals surface area contributed by atoms with Gasteiger partial charge in [-0.3, -0.25) is 4.79 Å². The van der Waals surface area contributed by atoms with Crippen LogP contribution in [0.1, 0.15) is 27.5 Å². The second-order valence-corrected chi connectivity index (χ2v) is 8.20. The van der Waals surface area contributed by atoms with Crippen LogP contribution in [0.2, 0.25) is 0 Å². The zero-order valence-corrected chi connectivity index (χ0v) is 19.1. The van der Waals surface area contributed by atoms with E-state index in [1.165, 1.54) is 19.2 Å². The van der Waals surface area contributed by atoms with E-state index < -0.39 is 12.0 Å². The van der Waals surface area contributed by atoms with Crippen molar-refractivity contribution in [2.45, 2.75) is 6.04 Å².